The first-order valence-electron chi connectivity index (χ1n) is 5.97. The van der Waals surface area contributed by atoms with Crippen LogP contribution in [-0.2, 0) is 0 Å². The number of carbonyl (C=O) groups is 2. The monoisotopic (exact) mass is 256 g/mol. The summed E-state index contributed by atoms with van der Waals surface area (Å²) < 4.78 is 0. The summed E-state index contributed by atoms with van der Waals surface area (Å²) in [5.74, 6) is -0.987. The zero-order chi connectivity index (χ0) is 13.8. The Labute approximate surface area is 109 Å². The number of fused-ring (bicyclic) bond motifs is 1. The van der Waals surface area contributed by atoms with E-state index in [2.05, 4.69) is 0 Å². The number of ketones is 2. The highest BCUT2D eigenvalue weighted by Crippen LogP contribution is 2.38. The minimum absolute atomic E-state index is 0.0234. The van der Waals surface area contributed by atoms with Crippen LogP contribution in [0.25, 0.3) is 0 Å². The Balaban J connectivity index is 2.24. The first-order valence-corrected chi connectivity index (χ1v) is 5.97. The second-order valence-corrected chi connectivity index (χ2v) is 5.12. The SMILES string of the molecule is C[C@]1(O)C=C(O)C2=C(C1)C(=O)c1ccccc1C2=O. The number of allylic oxidation sites excluding steroid dienone is 1. The highest BCUT2D eigenvalue weighted by atomic mass is 16.3. The normalized spacial score (nSPS) is 25.9. The minimum Gasteiger partial charge on any atom is -0.507 e. The molecule has 0 aliphatic heterocycles. The summed E-state index contributed by atoms with van der Waals surface area (Å²) in [4.78, 5) is 24.7. The van der Waals surface area contributed by atoms with Crippen LogP contribution < -0.4 is 0 Å². The number of hydrogen-bond acceptors (Lipinski definition) is 4. The summed E-state index contributed by atoms with van der Waals surface area (Å²) in [6, 6.07) is 6.52. The lowest BCUT2D eigenvalue weighted by atomic mass is 9.75. The van der Waals surface area contributed by atoms with Crippen molar-refractivity contribution in [1.29, 1.82) is 0 Å². The fourth-order valence-corrected chi connectivity index (χ4v) is 2.64. The van der Waals surface area contributed by atoms with E-state index in [0.29, 0.717) is 11.1 Å². The van der Waals surface area contributed by atoms with Crippen molar-refractivity contribution in [2.75, 3.05) is 0 Å². The standard InChI is InChI=1S/C15H12O4/c1-15(19)6-10-12(11(16)7-15)14(18)9-5-3-2-4-8(9)13(10)17/h2-5,7,16,19H,6H2,1H3/t15-/m1/s1. The van der Waals surface area contributed by atoms with Crippen molar-refractivity contribution in [3.05, 3.63) is 58.4 Å². The Hall–Kier alpha value is -2.20. The van der Waals surface area contributed by atoms with Gasteiger partial charge in [-0.25, -0.2) is 0 Å². The highest BCUT2D eigenvalue weighted by molar-refractivity contribution is 6.28. The molecular formula is C15H12O4. The maximum Gasteiger partial charge on any atom is 0.197 e. The van der Waals surface area contributed by atoms with Gasteiger partial charge in [-0.2, -0.15) is 0 Å². The Morgan fingerprint density at radius 2 is 1.68 bits per heavy atom. The van der Waals surface area contributed by atoms with Crippen LogP contribution in [0.1, 0.15) is 34.1 Å². The van der Waals surface area contributed by atoms with E-state index in [0.717, 1.165) is 0 Å². The zero-order valence-corrected chi connectivity index (χ0v) is 10.3. The Bertz CT molecular complexity index is 677. The maximum absolute atomic E-state index is 12.4. The molecule has 0 unspecified atom stereocenters. The van der Waals surface area contributed by atoms with Gasteiger partial charge in [-0.3, -0.25) is 9.59 Å². The van der Waals surface area contributed by atoms with Crippen LogP contribution in [-0.4, -0.2) is 27.4 Å². The van der Waals surface area contributed by atoms with Gasteiger partial charge < -0.3 is 10.2 Å². The molecule has 19 heavy (non-hydrogen) atoms. The van der Waals surface area contributed by atoms with E-state index in [1.807, 2.05) is 0 Å². The summed E-state index contributed by atoms with van der Waals surface area (Å²) in [6.07, 6.45) is 1.25. The summed E-state index contributed by atoms with van der Waals surface area (Å²) in [7, 11) is 0. The first kappa shape index (κ1) is 11.9. The number of aliphatic hydroxyl groups is 2. The van der Waals surface area contributed by atoms with Crippen LogP contribution in [0.5, 0.6) is 0 Å². The summed E-state index contributed by atoms with van der Waals surface area (Å²) in [6.45, 7) is 1.49. The lowest BCUT2D eigenvalue weighted by Crippen LogP contribution is -2.34. The molecule has 1 atom stereocenters. The van der Waals surface area contributed by atoms with Crippen LogP contribution in [0.2, 0.25) is 0 Å². The average Bonchev–Trinajstić information content (AvgIpc) is 2.34. The predicted molar refractivity (Wildman–Crippen MR) is 68.1 cm³/mol. The average molecular weight is 256 g/mol. The summed E-state index contributed by atoms with van der Waals surface area (Å²) >= 11 is 0. The molecule has 4 heteroatoms. The summed E-state index contributed by atoms with van der Waals surface area (Å²) in [5, 5.41) is 19.9. The Morgan fingerprint density at radius 3 is 2.32 bits per heavy atom. The molecule has 0 saturated carbocycles. The molecule has 0 saturated heterocycles. The molecule has 0 heterocycles. The molecule has 0 fully saturated rings. The molecule has 0 bridgehead atoms. The smallest absolute Gasteiger partial charge is 0.197 e. The molecule has 0 aromatic heterocycles. The van der Waals surface area contributed by atoms with E-state index < -0.39 is 5.60 Å². The van der Waals surface area contributed by atoms with Gasteiger partial charge in [0, 0.05) is 23.1 Å². The van der Waals surface area contributed by atoms with Gasteiger partial charge in [0.1, 0.15) is 5.76 Å². The third-order valence-electron chi connectivity index (χ3n) is 3.46. The number of Topliss-reactive ketones (excluding diaryl/α,β-unsaturated/α-hetero) is 2. The van der Waals surface area contributed by atoms with Crippen LogP contribution in [0, 0.1) is 0 Å². The summed E-state index contributed by atoms with van der Waals surface area (Å²) in [5.41, 5.74) is -0.473. The predicted octanol–water partition coefficient (Wildman–Crippen LogP) is 1.96. The fourth-order valence-electron chi connectivity index (χ4n) is 2.64. The van der Waals surface area contributed by atoms with E-state index in [9.17, 15) is 19.8 Å². The van der Waals surface area contributed by atoms with E-state index >= 15 is 0 Å². The molecule has 0 spiro atoms. The molecule has 1 aromatic rings. The number of hydrogen-bond donors (Lipinski definition) is 2. The molecule has 0 amide bonds. The number of aliphatic hydroxyl groups excluding tert-OH is 1. The topological polar surface area (TPSA) is 74.6 Å². The fraction of sp³-hybridized carbons (Fsp3) is 0.200. The lowest BCUT2D eigenvalue weighted by Gasteiger charge is -2.30. The molecular weight excluding hydrogens is 244 g/mol. The van der Waals surface area contributed by atoms with E-state index in [4.69, 9.17) is 0 Å². The van der Waals surface area contributed by atoms with E-state index in [1.165, 1.54) is 13.0 Å². The molecule has 96 valence electrons. The molecule has 4 nitrogen and oxygen atoms in total. The minimum atomic E-state index is -1.31. The Kier molecular flexibility index (Phi) is 2.28. The van der Waals surface area contributed by atoms with Crippen molar-refractivity contribution in [3.63, 3.8) is 0 Å². The third kappa shape index (κ3) is 1.64. The van der Waals surface area contributed by atoms with Gasteiger partial charge in [0.05, 0.1) is 11.2 Å². The van der Waals surface area contributed by atoms with Gasteiger partial charge in [-0.1, -0.05) is 24.3 Å². The molecule has 3 rings (SSSR count). The molecule has 2 aliphatic carbocycles. The van der Waals surface area contributed by atoms with Crippen molar-refractivity contribution < 1.29 is 19.8 Å². The molecule has 2 aliphatic rings. The first-order chi connectivity index (χ1) is 8.91. The van der Waals surface area contributed by atoms with Gasteiger partial charge in [0.15, 0.2) is 11.6 Å². The van der Waals surface area contributed by atoms with Gasteiger partial charge in [0.25, 0.3) is 0 Å². The van der Waals surface area contributed by atoms with Gasteiger partial charge >= 0.3 is 0 Å². The van der Waals surface area contributed by atoms with Gasteiger partial charge in [-0.15, -0.1) is 0 Å². The van der Waals surface area contributed by atoms with Gasteiger partial charge in [0.2, 0.25) is 0 Å². The zero-order valence-electron chi connectivity index (χ0n) is 10.3. The maximum atomic E-state index is 12.4. The van der Waals surface area contributed by atoms with Crippen molar-refractivity contribution in [2.24, 2.45) is 0 Å². The van der Waals surface area contributed by atoms with Crippen LogP contribution in [0.4, 0.5) is 0 Å². The largest absolute Gasteiger partial charge is 0.507 e. The second-order valence-electron chi connectivity index (χ2n) is 5.12. The molecule has 0 radical (unpaired) electrons. The third-order valence-corrected chi connectivity index (χ3v) is 3.46. The number of benzene rings is 1. The molecule has 2 N–H and O–H groups in total. The number of rotatable bonds is 0. The van der Waals surface area contributed by atoms with E-state index in [-0.39, 0.29) is 34.9 Å². The second kappa shape index (κ2) is 3.65. The Morgan fingerprint density at radius 1 is 1.11 bits per heavy atom. The lowest BCUT2D eigenvalue weighted by molar-refractivity contribution is 0.0861. The quantitative estimate of drug-likeness (QED) is 0.744. The van der Waals surface area contributed by atoms with Crippen molar-refractivity contribution in [2.45, 2.75) is 18.9 Å². The van der Waals surface area contributed by atoms with Crippen LogP contribution >= 0.6 is 0 Å². The van der Waals surface area contributed by atoms with E-state index in [1.54, 1.807) is 24.3 Å². The van der Waals surface area contributed by atoms with Crippen molar-refractivity contribution in [3.8, 4) is 0 Å². The van der Waals surface area contributed by atoms with Crippen LogP contribution in [0.3, 0.4) is 0 Å². The van der Waals surface area contributed by atoms with Crippen molar-refractivity contribution in [1.82, 2.24) is 0 Å². The van der Waals surface area contributed by atoms with Crippen molar-refractivity contribution >= 4 is 11.6 Å². The van der Waals surface area contributed by atoms with Crippen LogP contribution in [0.15, 0.2) is 47.2 Å². The number of carbonyl (C=O) groups excluding carboxylic acids is 2. The van der Waals surface area contributed by atoms with Gasteiger partial charge in [-0.05, 0) is 13.0 Å². The highest BCUT2D eigenvalue weighted by Gasteiger charge is 2.40. The molecule has 1 aromatic carbocycles.